The number of benzene rings is 1. The SMILES string of the molecule is COc1cc(CC(=O)N2[C@H]3CC[C@H]2CC(O)(c2nccn2C)C3)cc(OC)c1OC. The van der Waals surface area contributed by atoms with Gasteiger partial charge < -0.3 is 28.8 Å². The molecule has 162 valence electrons. The van der Waals surface area contributed by atoms with Crippen molar-refractivity contribution >= 4 is 5.91 Å². The molecular formula is C22H29N3O5. The first kappa shape index (κ1) is 20.5. The molecule has 2 saturated heterocycles. The number of carbonyl (C=O) groups is 1. The summed E-state index contributed by atoms with van der Waals surface area (Å²) in [5.41, 5.74) is -0.188. The number of aryl methyl sites for hydroxylation is 1. The van der Waals surface area contributed by atoms with Crippen LogP contribution in [0.15, 0.2) is 24.5 Å². The number of rotatable bonds is 6. The molecule has 0 unspecified atom stereocenters. The van der Waals surface area contributed by atoms with E-state index in [9.17, 15) is 9.90 Å². The maximum atomic E-state index is 13.3. The Morgan fingerprint density at radius 1 is 1.13 bits per heavy atom. The van der Waals surface area contributed by atoms with E-state index in [2.05, 4.69) is 4.98 Å². The third kappa shape index (κ3) is 3.39. The number of carbonyl (C=O) groups excluding carboxylic acids is 1. The van der Waals surface area contributed by atoms with E-state index in [1.807, 2.05) is 34.8 Å². The predicted octanol–water partition coefficient (Wildman–Crippen LogP) is 2.03. The van der Waals surface area contributed by atoms with Crippen LogP contribution in [0.3, 0.4) is 0 Å². The van der Waals surface area contributed by atoms with Crippen LogP contribution in [0.2, 0.25) is 0 Å². The number of fused-ring (bicyclic) bond motifs is 2. The molecule has 4 rings (SSSR count). The standard InChI is InChI=1S/C22H29N3O5/c1-24-8-7-23-21(24)22(27)12-15-5-6-16(13-22)25(15)19(26)11-14-9-17(28-2)20(30-4)18(10-14)29-3/h7-10,15-16,27H,5-6,11-13H2,1-4H3/t15-,16-/m0/s1. The molecule has 1 N–H and O–H groups in total. The molecule has 1 aromatic carbocycles. The second-order valence-corrected chi connectivity index (χ2v) is 8.20. The lowest BCUT2D eigenvalue weighted by Gasteiger charge is -2.43. The highest BCUT2D eigenvalue weighted by Gasteiger charge is 2.51. The fraction of sp³-hybridized carbons (Fsp3) is 0.545. The minimum absolute atomic E-state index is 0.0139. The Labute approximate surface area is 176 Å². The van der Waals surface area contributed by atoms with Gasteiger partial charge in [0.2, 0.25) is 11.7 Å². The first-order valence-corrected chi connectivity index (χ1v) is 10.2. The van der Waals surface area contributed by atoms with Crippen molar-refractivity contribution in [3.8, 4) is 17.2 Å². The molecule has 2 fully saturated rings. The highest BCUT2D eigenvalue weighted by Crippen LogP contribution is 2.45. The molecule has 2 aliphatic heterocycles. The third-order valence-electron chi connectivity index (χ3n) is 6.37. The van der Waals surface area contributed by atoms with Crippen LogP contribution in [-0.2, 0) is 23.9 Å². The molecule has 2 aromatic rings. The summed E-state index contributed by atoms with van der Waals surface area (Å²) < 4.78 is 18.1. The van der Waals surface area contributed by atoms with Crippen LogP contribution in [0.1, 0.15) is 37.1 Å². The Morgan fingerprint density at radius 2 is 1.73 bits per heavy atom. The monoisotopic (exact) mass is 415 g/mol. The first-order chi connectivity index (χ1) is 14.4. The van der Waals surface area contributed by atoms with E-state index in [-0.39, 0.29) is 24.4 Å². The molecule has 8 nitrogen and oxygen atoms in total. The van der Waals surface area contributed by atoms with Gasteiger partial charge in [0, 0.05) is 44.4 Å². The summed E-state index contributed by atoms with van der Waals surface area (Å²) in [4.78, 5) is 19.6. The fourth-order valence-electron chi connectivity index (χ4n) is 5.13. The van der Waals surface area contributed by atoms with Crippen molar-refractivity contribution < 1.29 is 24.1 Å². The summed E-state index contributed by atoms with van der Waals surface area (Å²) in [7, 11) is 6.57. The quantitative estimate of drug-likeness (QED) is 0.777. The number of methoxy groups -OCH3 is 3. The number of aliphatic hydroxyl groups is 1. The smallest absolute Gasteiger partial charge is 0.227 e. The van der Waals surface area contributed by atoms with Crippen molar-refractivity contribution in [1.82, 2.24) is 14.5 Å². The number of ether oxygens (including phenoxy) is 3. The van der Waals surface area contributed by atoms with Crippen molar-refractivity contribution in [1.29, 1.82) is 0 Å². The van der Waals surface area contributed by atoms with Gasteiger partial charge in [-0.15, -0.1) is 0 Å². The largest absolute Gasteiger partial charge is 0.493 e. The molecule has 8 heteroatoms. The average molecular weight is 415 g/mol. The van der Waals surface area contributed by atoms with Crippen LogP contribution in [0.25, 0.3) is 0 Å². The van der Waals surface area contributed by atoms with Crippen molar-refractivity contribution in [2.45, 2.75) is 49.8 Å². The highest BCUT2D eigenvalue weighted by atomic mass is 16.5. The van der Waals surface area contributed by atoms with E-state index in [4.69, 9.17) is 14.2 Å². The Hall–Kier alpha value is -2.74. The van der Waals surface area contributed by atoms with Gasteiger partial charge in [0.15, 0.2) is 11.5 Å². The minimum atomic E-state index is -0.993. The molecular weight excluding hydrogens is 386 g/mol. The van der Waals surface area contributed by atoms with Crippen LogP contribution < -0.4 is 14.2 Å². The van der Waals surface area contributed by atoms with Gasteiger partial charge in [0.05, 0.1) is 27.8 Å². The Morgan fingerprint density at radius 3 is 2.20 bits per heavy atom. The Kier molecular flexibility index (Phi) is 5.36. The second kappa shape index (κ2) is 7.83. The van der Waals surface area contributed by atoms with Crippen LogP contribution >= 0.6 is 0 Å². The van der Waals surface area contributed by atoms with Crippen LogP contribution in [0.5, 0.6) is 17.2 Å². The van der Waals surface area contributed by atoms with Crippen LogP contribution in [0, 0.1) is 0 Å². The van der Waals surface area contributed by atoms with E-state index >= 15 is 0 Å². The van der Waals surface area contributed by atoms with Gasteiger partial charge >= 0.3 is 0 Å². The van der Waals surface area contributed by atoms with Gasteiger partial charge in [-0.3, -0.25) is 4.79 Å². The molecule has 0 spiro atoms. The number of hydrogen-bond donors (Lipinski definition) is 1. The van der Waals surface area contributed by atoms with Crippen molar-refractivity contribution in [2.75, 3.05) is 21.3 Å². The topological polar surface area (TPSA) is 86.1 Å². The zero-order valence-corrected chi connectivity index (χ0v) is 17.9. The van der Waals surface area contributed by atoms with Gasteiger partial charge in [-0.25, -0.2) is 4.98 Å². The summed E-state index contributed by atoms with van der Waals surface area (Å²) in [6.07, 6.45) is 6.61. The molecule has 30 heavy (non-hydrogen) atoms. The van der Waals surface area contributed by atoms with Crippen molar-refractivity contribution in [2.24, 2.45) is 7.05 Å². The highest BCUT2D eigenvalue weighted by molar-refractivity contribution is 5.80. The first-order valence-electron chi connectivity index (χ1n) is 10.2. The predicted molar refractivity (Wildman–Crippen MR) is 110 cm³/mol. The molecule has 2 atom stereocenters. The van der Waals surface area contributed by atoms with Gasteiger partial charge in [0.25, 0.3) is 0 Å². The lowest BCUT2D eigenvalue weighted by molar-refractivity contribution is -0.141. The molecule has 0 radical (unpaired) electrons. The van der Waals surface area contributed by atoms with Crippen LogP contribution in [0.4, 0.5) is 0 Å². The van der Waals surface area contributed by atoms with Crippen LogP contribution in [-0.4, -0.2) is 58.9 Å². The number of amides is 1. The summed E-state index contributed by atoms with van der Waals surface area (Å²) in [5.74, 6) is 2.31. The lowest BCUT2D eigenvalue weighted by atomic mass is 9.85. The maximum absolute atomic E-state index is 13.3. The van der Waals surface area contributed by atoms with E-state index in [1.54, 1.807) is 27.5 Å². The third-order valence-corrected chi connectivity index (χ3v) is 6.37. The lowest BCUT2D eigenvalue weighted by Crippen LogP contribution is -2.53. The Balaban J connectivity index is 1.54. The zero-order valence-electron chi connectivity index (χ0n) is 17.9. The molecule has 1 aromatic heterocycles. The zero-order chi connectivity index (χ0) is 21.5. The molecule has 2 bridgehead atoms. The summed E-state index contributed by atoms with van der Waals surface area (Å²) in [6.45, 7) is 0. The maximum Gasteiger partial charge on any atom is 0.227 e. The van der Waals surface area contributed by atoms with Gasteiger partial charge in [-0.1, -0.05) is 0 Å². The molecule has 0 saturated carbocycles. The number of aromatic nitrogens is 2. The summed E-state index contributed by atoms with van der Waals surface area (Å²) in [5, 5.41) is 11.3. The van der Waals surface area contributed by atoms with Gasteiger partial charge in [-0.2, -0.15) is 0 Å². The van der Waals surface area contributed by atoms with Crippen molar-refractivity contribution in [3.05, 3.63) is 35.9 Å². The van der Waals surface area contributed by atoms with E-state index in [0.29, 0.717) is 35.9 Å². The number of imidazole rings is 1. The summed E-state index contributed by atoms with van der Waals surface area (Å²) in [6, 6.07) is 3.66. The number of piperidine rings is 1. The minimum Gasteiger partial charge on any atom is -0.493 e. The molecule has 0 aliphatic carbocycles. The number of hydrogen-bond acceptors (Lipinski definition) is 6. The van der Waals surface area contributed by atoms with E-state index < -0.39 is 5.60 Å². The molecule has 3 heterocycles. The molecule has 2 aliphatic rings. The molecule has 1 amide bonds. The van der Waals surface area contributed by atoms with E-state index in [0.717, 1.165) is 18.4 Å². The van der Waals surface area contributed by atoms with Gasteiger partial charge in [-0.05, 0) is 30.5 Å². The normalized spacial score (nSPS) is 25.3. The summed E-state index contributed by atoms with van der Waals surface area (Å²) >= 11 is 0. The van der Waals surface area contributed by atoms with Gasteiger partial charge in [0.1, 0.15) is 11.4 Å². The number of nitrogens with zero attached hydrogens (tertiary/aromatic N) is 3. The fourth-order valence-corrected chi connectivity index (χ4v) is 5.13. The average Bonchev–Trinajstić information content (AvgIpc) is 3.29. The van der Waals surface area contributed by atoms with Crippen molar-refractivity contribution in [3.63, 3.8) is 0 Å². The second-order valence-electron chi connectivity index (χ2n) is 8.20. The Bertz CT molecular complexity index is 902. The van der Waals surface area contributed by atoms with E-state index in [1.165, 1.54) is 0 Å².